The van der Waals surface area contributed by atoms with Crippen LogP contribution in [0, 0.1) is 30.7 Å². The maximum atomic E-state index is 13.1. The molecule has 0 radical (unpaired) electrons. The third-order valence-electron chi connectivity index (χ3n) is 5.56. The molecule has 5 aromatic rings. The average molecular weight is 754 g/mol. The van der Waals surface area contributed by atoms with E-state index in [0.29, 0.717) is 11.5 Å². The summed E-state index contributed by atoms with van der Waals surface area (Å²) in [5, 5.41) is 6.11. The number of amidine groups is 1. The molecule has 13 heteroatoms. The topological polar surface area (TPSA) is 70.4 Å². The second-order valence-electron chi connectivity index (χ2n) is 8.27. The molecule has 42 heavy (non-hydrogen) atoms. The van der Waals surface area contributed by atoms with Crippen molar-refractivity contribution in [2.24, 2.45) is 5.10 Å². The number of benzene rings is 3. The van der Waals surface area contributed by atoms with Crippen LogP contribution >= 0.6 is 0 Å². The van der Waals surface area contributed by atoms with Crippen LogP contribution in [0.5, 0.6) is 0 Å². The molecular weight excluding hydrogens is 736 g/mol. The number of para-hydroxylation sites is 1. The molecular formula is C29H17F5N7Pt-3. The van der Waals surface area contributed by atoms with Crippen LogP contribution in [-0.4, -0.2) is 25.8 Å². The molecule has 7 nitrogen and oxygen atoms in total. The largest absolute Gasteiger partial charge is 0.456 e. The number of nitrogens with zero attached hydrogens (tertiary/aromatic N) is 7. The zero-order valence-corrected chi connectivity index (χ0v) is 23.4. The van der Waals surface area contributed by atoms with Gasteiger partial charge in [-0.15, -0.1) is 18.8 Å². The summed E-state index contributed by atoms with van der Waals surface area (Å²) in [6.45, 7) is 1.73. The number of rotatable bonds is 4. The Bertz CT molecular complexity index is 1620. The molecule has 0 N–H and O–H groups in total. The molecule has 2 aromatic heterocycles. The Morgan fingerprint density at radius 3 is 2.05 bits per heavy atom. The summed E-state index contributed by atoms with van der Waals surface area (Å²) in [7, 11) is 0. The van der Waals surface area contributed by atoms with Crippen LogP contribution in [0.15, 0.2) is 103 Å². The summed E-state index contributed by atoms with van der Waals surface area (Å²) in [6, 6.07) is 28.5. The zero-order chi connectivity index (χ0) is 28.8. The van der Waals surface area contributed by atoms with Gasteiger partial charge in [-0.05, 0) is 12.1 Å². The molecule has 1 aliphatic rings. The summed E-state index contributed by atoms with van der Waals surface area (Å²) in [6.07, 6.45) is -1.98. The third-order valence-corrected chi connectivity index (χ3v) is 5.56. The van der Waals surface area contributed by atoms with Crippen molar-refractivity contribution in [3.05, 3.63) is 139 Å². The van der Waals surface area contributed by atoms with Gasteiger partial charge >= 0.3 is 6.18 Å². The Balaban J connectivity index is 0.000000228. The van der Waals surface area contributed by atoms with Crippen LogP contribution in [-0.2, 0) is 27.2 Å². The van der Waals surface area contributed by atoms with E-state index in [1.54, 1.807) is 6.67 Å². The van der Waals surface area contributed by atoms with E-state index in [0.717, 1.165) is 29.4 Å². The summed E-state index contributed by atoms with van der Waals surface area (Å²) in [4.78, 5) is 15.8. The van der Waals surface area contributed by atoms with Gasteiger partial charge in [0.05, 0.1) is 5.82 Å². The molecule has 0 saturated carbocycles. The number of anilines is 2. The fourth-order valence-corrected chi connectivity index (χ4v) is 3.65. The van der Waals surface area contributed by atoms with Crippen LogP contribution in [0.4, 0.5) is 33.3 Å². The number of aromatic nitrogens is 4. The standard InChI is InChI=1S/C21H14F3N3.C8H3F2N4.Pt/c22-21(23,24)17-11-13-19(14-12-17)27-15-26(18-9-5-2-6-10-18)20(25-27)16-7-3-1-4-8-16;9-6-2-1-5(7(10)14-6)8-12-3-11-4-13-8;/h1-13,15H;2-4H;/q-2;-1;. The Kier molecular flexibility index (Phi) is 9.69. The molecule has 216 valence electrons. The number of hydrazone groups is 1. The van der Waals surface area contributed by atoms with E-state index in [4.69, 9.17) is 0 Å². The summed E-state index contributed by atoms with van der Waals surface area (Å²) in [5.41, 5.74) is 1.41. The Hall–Kier alpha value is -4.57. The Labute approximate surface area is 251 Å². The van der Waals surface area contributed by atoms with E-state index in [2.05, 4.69) is 37.2 Å². The number of pyridine rings is 1. The second-order valence-corrected chi connectivity index (χ2v) is 8.27. The Morgan fingerprint density at radius 1 is 0.786 bits per heavy atom. The summed E-state index contributed by atoms with van der Waals surface area (Å²) >= 11 is 0. The molecule has 0 amide bonds. The van der Waals surface area contributed by atoms with Crippen molar-refractivity contribution in [2.75, 3.05) is 9.91 Å². The first kappa shape index (κ1) is 30.4. The van der Waals surface area contributed by atoms with Gasteiger partial charge in [-0.1, -0.05) is 71.4 Å². The summed E-state index contributed by atoms with van der Waals surface area (Å²) in [5.74, 6) is -1.17. The molecule has 0 spiro atoms. The van der Waals surface area contributed by atoms with Gasteiger partial charge in [0.15, 0.2) is 0 Å². The molecule has 0 bridgehead atoms. The van der Waals surface area contributed by atoms with E-state index in [1.165, 1.54) is 23.7 Å². The third kappa shape index (κ3) is 7.19. The maximum Gasteiger partial charge on any atom is 0.370 e. The van der Waals surface area contributed by atoms with Gasteiger partial charge in [0.25, 0.3) is 0 Å². The number of hydrogen-bond donors (Lipinski definition) is 0. The van der Waals surface area contributed by atoms with Crippen molar-refractivity contribution >= 4 is 17.2 Å². The zero-order valence-electron chi connectivity index (χ0n) is 21.2. The predicted octanol–water partition coefficient (Wildman–Crippen LogP) is 6.32. The first-order valence-corrected chi connectivity index (χ1v) is 11.9. The van der Waals surface area contributed by atoms with E-state index >= 15 is 0 Å². The average Bonchev–Trinajstić information content (AvgIpc) is 3.44. The second kappa shape index (κ2) is 13.4. The van der Waals surface area contributed by atoms with Crippen LogP contribution in [0.3, 0.4) is 0 Å². The number of hydrogen-bond acceptors (Lipinski definition) is 7. The van der Waals surface area contributed by atoms with Crippen LogP contribution in [0.25, 0.3) is 11.4 Å². The quantitative estimate of drug-likeness (QED) is 0.122. The van der Waals surface area contributed by atoms with E-state index in [9.17, 15) is 22.0 Å². The first-order chi connectivity index (χ1) is 19.8. The SMILES string of the molecule is FC(F)(F)c1c[c-]c(N2[CH-]N(c3ccccc3)C(c3ccccc3)=N2)cc1.Fc1c[c-]c(-c2ncncn2)c(F)n1.[Pt]. The van der Waals surface area contributed by atoms with Gasteiger partial charge in [-0.25, -0.2) is 13.8 Å². The smallest absolute Gasteiger partial charge is 0.370 e. The van der Waals surface area contributed by atoms with Crippen molar-refractivity contribution in [2.45, 2.75) is 6.18 Å². The van der Waals surface area contributed by atoms with Gasteiger partial charge in [-0.2, -0.15) is 36.5 Å². The fourth-order valence-electron chi connectivity index (χ4n) is 3.65. The van der Waals surface area contributed by atoms with E-state index in [-0.39, 0.29) is 32.5 Å². The van der Waals surface area contributed by atoms with Crippen molar-refractivity contribution in [3.63, 3.8) is 0 Å². The molecule has 0 aliphatic carbocycles. The molecule has 0 atom stereocenters. The molecule has 3 heterocycles. The van der Waals surface area contributed by atoms with Crippen LogP contribution in [0.2, 0.25) is 0 Å². The van der Waals surface area contributed by atoms with Gasteiger partial charge in [-0.3, -0.25) is 15.0 Å². The Morgan fingerprint density at radius 2 is 1.45 bits per heavy atom. The number of halogens is 5. The minimum atomic E-state index is -4.39. The van der Waals surface area contributed by atoms with Gasteiger partial charge < -0.3 is 9.91 Å². The minimum absolute atomic E-state index is 0. The first-order valence-electron chi connectivity index (χ1n) is 11.9. The van der Waals surface area contributed by atoms with Gasteiger partial charge in [0.2, 0.25) is 0 Å². The van der Waals surface area contributed by atoms with E-state index in [1.807, 2.05) is 65.6 Å². The monoisotopic (exact) mass is 753 g/mol. The van der Waals surface area contributed by atoms with Gasteiger partial charge in [0.1, 0.15) is 30.4 Å². The minimum Gasteiger partial charge on any atom is -0.456 e. The molecule has 3 aromatic carbocycles. The predicted molar refractivity (Wildman–Crippen MR) is 141 cm³/mol. The van der Waals surface area contributed by atoms with E-state index < -0.39 is 23.6 Å². The van der Waals surface area contributed by atoms with Gasteiger partial charge in [0, 0.05) is 32.3 Å². The van der Waals surface area contributed by atoms with Crippen molar-refractivity contribution < 1.29 is 43.0 Å². The maximum absolute atomic E-state index is 13.1. The van der Waals surface area contributed by atoms with Crippen molar-refractivity contribution in [1.29, 1.82) is 0 Å². The van der Waals surface area contributed by atoms with Crippen LogP contribution < -0.4 is 9.91 Å². The van der Waals surface area contributed by atoms with Crippen molar-refractivity contribution in [3.8, 4) is 11.4 Å². The molecule has 1 aliphatic heterocycles. The summed E-state index contributed by atoms with van der Waals surface area (Å²) < 4.78 is 63.8. The molecule has 0 unspecified atom stereocenters. The van der Waals surface area contributed by atoms with Crippen LogP contribution in [0.1, 0.15) is 11.1 Å². The molecule has 0 fully saturated rings. The fraction of sp³-hybridized carbons (Fsp3) is 0.0345. The number of alkyl halides is 3. The molecule has 6 rings (SSSR count). The molecule has 0 saturated heterocycles. The van der Waals surface area contributed by atoms with Crippen molar-refractivity contribution in [1.82, 2.24) is 19.9 Å². The normalized spacial score (nSPS) is 12.6.